The average molecular weight is 333 g/mol. The second kappa shape index (κ2) is 6.26. The van der Waals surface area contributed by atoms with E-state index in [-0.39, 0.29) is 17.6 Å². The molecule has 2 amide bonds. The molecule has 3 aliphatic rings. The molecule has 0 radical (unpaired) electrons. The van der Waals surface area contributed by atoms with Crippen molar-refractivity contribution in [1.29, 1.82) is 0 Å². The van der Waals surface area contributed by atoms with Gasteiger partial charge in [-0.25, -0.2) is 14.3 Å². The lowest BCUT2D eigenvalue weighted by atomic mass is 9.96. The number of hydrogen-bond donors (Lipinski definition) is 1. The summed E-state index contributed by atoms with van der Waals surface area (Å²) in [6.45, 7) is 1.50. The van der Waals surface area contributed by atoms with Gasteiger partial charge in [0.1, 0.15) is 5.82 Å². The summed E-state index contributed by atoms with van der Waals surface area (Å²) in [5.41, 5.74) is 0.00825. The van der Waals surface area contributed by atoms with Crippen molar-refractivity contribution in [2.75, 3.05) is 13.1 Å². The van der Waals surface area contributed by atoms with E-state index >= 15 is 0 Å². The Bertz CT molecular complexity index is 661. The molecule has 7 nitrogen and oxygen atoms in total. The highest BCUT2D eigenvalue weighted by Crippen LogP contribution is 2.37. The third-order valence-electron chi connectivity index (χ3n) is 5.72. The molecular formula is C17H27N5O2. The lowest BCUT2D eigenvalue weighted by molar-refractivity contribution is 0.176. The van der Waals surface area contributed by atoms with Crippen LogP contribution in [0.4, 0.5) is 4.79 Å². The summed E-state index contributed by atoms with van der Waals surface area (Å²) in [6, 6.07) is 0.803. The SMILES string of the molecule is Cn1nc(C2CCN(C(=O)NC3CCCC3)CC2)n(C2CC2)c1=O. The first-order valence-corrected chi connectivity index (χ1v) is 9.34. The molecule has 0 spiro atoms. The van der Waals surface area contributed by atoms with Crippen molar-refractivity contribution in [3.8, 4) is 0 Å². The van der Waals surface area contributed by atoms with Crippen LogP contribution in [-0.4, -0.2) is 44.4 Å². The molecule has 132 valence electrons. The number of piperidine rings is 1. The summed E-state index contributed by atoms with van der Waals surface area (Å²) in [5.74, 6) is 1.22. The van der Waals surface area contributed by atoms with E-state index in [9.17, 15) is 9.59 Å². The lowest BCUT2D eigenvalue weighted by Gasteiger charge is -2.32. The highest BCUT2D eigenvalue weighted by molar-refractivity contribution is 5.74. The summed E-state index contributed by atoms with van der Waals surface area (Å²) in [4.78, 5) is 26.6. The van der Waals surface area contributed by atoms with Crippen molar-refractivity contribution >= 4 is 6.03 Å². The van der Waals surface area contributed by atoms with Gasteiger partial charge in [0.15, 0.2) is 0 Å². The molecule has 1 aromatic heterocycles. The minimum Gasteiger partial charge on any atom is -0.335 e. The van der Waals surface area contributed by atoms with Gasteiger partial charge in [0.05, 0.1) is 0 Å². The fraction of sp³-hybridized carbons (Fsp3) is 0.824. The first-order chi connectivity index (χ1) is 11.6. The predicted octanol–water partition coefficient (Wildman–Crippen LogP) is 1.75. The van der Waals surface area contributed by atoms with E-state index in [1.807, 2.05) is 9.47 Å². The Hall–Kier alpha value is -1.79. The number of urea groups is 1. The van der Waals surface area contributed by atoms with Crippen LogP contribution in [0, 0.1) is 0 Å². The summed E-state index contributed by atoms with van der Waals surface area (Å²) >= 11 is 0. The number of rotatable bonds is 3. The molecule has 1 N–H and O–H groups in total. The molecule has 3 fully saturated rings. The van der Waals surface area contributed by atoms with Gasteiger partial charge in [0, 0.05) is 38.1 Å². The normalized spacial score (nSPS) is 23.0. The van der Waals surface area contributed by atoms with Gasteiger partial charge in [-0.3, -0.25) is 4.57 Å². The van der Waals surface area contributed by atoms with E-state index in [1.54, 1.807) is 7.05 Å². The summed E-state index contributed by atoms with van der Waals surface area (Å²) in [5, 5.41) is 7.66. The van der Waals surface area contributed by atoms with Gasteiger partial charge >= 0.3 is 11.7 Å². The Balaban J connectivity index is 1.38. The number of nitrogens with one attached hydrogen (secondary N) is 1. The molecule has 24 heavy (non-hydrogen) atoms. The zero-order valence-electron chi connectivity index (χ0n) is 14.4. The van der Waals surface area contributed by atoms with Crippen LogP contribution in [0.2, 0.25) is 0 Å². The number of amides is 2. The molecule has 2 saturated carbocycles. The summed E-state index contributed by atoms with van der Waals surface area (Å²) < 4.78 is 3.37. The summed E-state index contributed by atoms with van der Waals surface area (Å²) in [6.07, 6.45) is 8.63. The molecule has 1 aliphatic heterocycles. The Morgan fingerprint density at radius 3 is 2.38 bits per heavy atom. The molecular weight excluding hydrogens is 306 g/mol. The van der Waals surface area contributed by atoms with Gasteiger partial charge in [-0.05, 0) is 38.5 Å². The standard InChI is InChI=1S/C17H27N5O2/c1-20-17(24)22(14-6-7-14)15(19-20)12-8-10-21(11-9-12)16(23)18-13-4-2-3-5-13/h12-14H,2-11H2,1H3,(H,18,23). The number of carbonyl (C=O) groups excluding carboxylic acids is 1. The second-order valence-electron chi connectivity index (χ2n) is 7.56. The van der Waals surface area contributed by atoms with E-state index in [2.05, 4.69) is 10.4 Å². The van der Waals surface area contributed by atoms with E-state index in [4.69, 9.17) is 0 Å². The van der Waals surface area contributed by atoms with Crippen molar-refractivity contribution in [2.45, 2.75) is 69.4 Å². The van der Waals surface area contributed by atoms with Gasteiger partial charge < -0.3 is 10.2 Å². The van der Waals surface area contributed by atoms with Crippen LogP contribution in [0.25, 0.3) is 0 Å². The van der Waals surface area contributed by atoms with Crippen LogP contribution in [0.15, 0.2) is 4.79 Å². The Kier molecular flexibility index (Phi) is 4.10. The topological polar surface area (TPSA) is 72.2 Å². The van der Waals surface area contributed by atoms with Crippen LogP contribution >= 0.6 is 0 Å². The number of aromatic nitrogens is 3. The minimum atomic E-state index is 0.00825. The molecule has 0 aromatic carbocycles. The lowest BCUT2D eigenvalue weighted by Crippen LogP contribution is -2.47. The van der Waals surface area contributed by atoms with E-state index in [1.165, 1.54) is 17.5 Å². The Morgan fingerprint density at radius 1 is 1.08 bits per heavy atom. The second-order valence-corrected chi connectivity index (χ2v) is 7.56. The van der Waals surface area contributed by atoms with Crippen molar-refractivity contribution in [3.63, 3.8) is 0 Å². The number of aryl methyl sites for hydroxylation is 1. The first-order valence-electron chi connectivity index (χ1n) is 9.34. The molecule has 0 atom stereocenters. The van der Waals surface area contributed by atoms with Gasteiger partial charge in [0.2, 0.25) is 0 Å². The highest BCUT2D eigenvalue weighted by atomic mass is 16.2. The Labute approximate surface area is 142 Å². The average Bonchev–Trinajstić information content (AvgIpc) is 3.21. The van der Waals surface area contributed by atoms with Crippen LogP contribution in [0.5, 0.6) is 0 Å². The van der Waals surface area contributed by atoms with E-state index < -0.39 is 0 Å². The van der Waals surface area contributed by atoms with Crippen molar-refractivity contribution in [2.24, 2.45) is 7.05 Å². The maximum atomic E-state index is 12.4. The van der Waals surface area contributed by atoms with E-state index in [0.29, 0.717) is 12.1 Å². The number of nitrogens with zero attached hydrogens (tertiary/aromatic N) is 4. The van der Waals surface area contributed by atoms with Gasteiger partial charge in [-0.15, -0.1) is 0 Å². The summed E-state index contributed by atoms with van der Waals surface area (Å²) in [7, 11) is 1.73. The molecule has 0 unspecified atom stereocenters. The van der Waals surface area contributed by atoms with Crippen molar-refractivity contribution in [1.82, 2.24) is 24.6 Å². The van der Waals surface area contributed by atoms with Crippen molar-refractivity contribution < 1.29 is 4.79 Å². The van der Waals surface area contributed by atoms with Gasteiger partial charge in [-0.2, -0.15) is 5.10 Å². The molecule has 1 saturated heterocycles. The largest absolute Gasteiger partial charge is 0.345 e. The molecule has 0 bridgehead atoms. The smallest absolute Gasteiger partial charge is 0.335 e. The zero-order valence-corrected chi connectivity index (χ0v) is 14.4. The zero-order chi connectivity index (χ0) is 16.7. The van der Waals surface area contributed by atoms with E-state index in [0.717, 1.165) is 57.4 Å². The third kappa shape index (κ3) is 2.96. The highest BCUT2D eigenvalue weighted by Gasteiger charge is 2.34. The molecule has 2 heterocycles. The Morgan fingerprint density at radius 2 is 1.75 bits per heavy atom. The molecule has 1 aromatic rings. The van der Waals surface area contributed by atoms with Crippen LogP contribution in [0.1, 0.15) is 69.2 Å². The molecule has 4 rings (SSSR count). The fourth-order valence-corrected chi connectivity index (χ4v) is 4.13. The third-order valence-corrected chi connectivity index (χ3v) is 5.72. The molecule has 7 heteroatoms. The monoisotopic (exact) mass is 333 g/mol. The number of carbonyl (C=O) groups is 1. The fourth-order valence-electron chi connectivity index (χ4n) is 4.13. The van der Waals surface area contributed by atoms with Gasteiger partial charge in [-0.1, -0.05) is 12.8 Å². The predicted molar refractivity (Wildman–Crippen MR) is 90.1 cm³/mol. The van der Waals surface area contributed by atoms with Crippen molar-refractivity contribution in [3.05, 3.63) is 16.3 Å². The van der Waals surface area contributed by atoms with Crippen LogP contribution < -0.4 is 11.0 Å². The van der Waals surface area contributed by atoms with Crippen LogP contribution in [-0.2, 0) is 7.05 Å². The maximum Gasteiger partial charge on any atom is 0.345 e. The van der Waals surface area contributed by atoms with Crippen LogP contribution in [0.3, 0.4) is 0 Å². The quantitative estimate of drug-likeness (QED) is 0.916. The number of likely N-dealkylation sites (tertiary alicyclic amines) is 1. The first kappa shape index (κ1) is 15.7. The minimum absolute atomic E-state index is 0.00825. The maximum absolute atomic E-state index is 12.4. The molecule has 2 aliphatic carbocycles. The number of hydrogen-bond acceptors (Lipinski definition) is 3. The van der Waals surface area contributed by atoms with Gasteiger partial charge in [0.25, 0.3) is 0 Å².